The van der Waals surface area contributed by atoms with E-state index in [4.69, 9.17) is 0 Å². The molecule has 0 amide bonds. The maximum atomic E-state index is 12.7. The van der Waals surface area contributed by atoms with Crippen LogP contribution in [0.15, 0.2) is 18.2 Å². The molecule has 0 radical (unpaired) electrons. The zero-order valence-electron chi connectivity index (χ0n) is 12.1. The molecule has 2 unspecified atom stereocenters. The minimum Gasteiger partial charge on any atom is -0.316 e. The second-order valence-electron chi connectivity index (χ2n) is 5.75. The van der Waals surface area contributed by atoms with Gasteiger partial charge >= 0.3 is 6.18 Å². The summed E-state index contributed by atoms with van der Waals surface area (Å²) in [6, 6.07) is 5.69. The average Bonchev–Trinajstić information content (AvgIpc) is 2.37. The first-order chi connectivity index (χ1) is 9.40. The van der Waals surface area contributed by atoms with Crippen LogP contribution >= 0.6 is 0 Å². The fraction of sp³-hybridized carbons (Fsp3) is 0.625. The SMILES string of the molecule is CCc1ccc(C2CCNCC2C)cc1CC(F)(F)F. The zero-order chi connectivity index (χ0) is 14.8. The van der Waals surface area contributed by atoms with Crippen LogP contribution in [0.1, 0.15) is 42.9 Å². The van der Waals surface area contributed by atoms with Gasteiger partial charge in [-0.25, -0.2) is 0 Å². The minimum atomic E-state index is -4.14. The number of hydrogen-bond acceptors (Lipinski definition) is 1. The van der Waals surface area contributed by atoms with Crippen LogP contribution < -0.4 is 5.32 Å². The molecule has 1 fully saturated rings. The minimum absolute atomic E-state index is 0.370. The monoisotopic (exact) mass is 285 g/mol. The third-order valence-corrected chi connectivity index (χ3v) is 4.22. The predicted octanol–water partition coefficient (Wildman–Crippen LogP) is 4.07. The molecule has 0 aliphatic carbocycles. The van der Waals surface area contributed by atoms with E-state index >= 15 is 0 Å². The van der Waals surface area contributed by atoms with Crippen LogP contribution in [-0.2, 0) is 12.8 Å². The number of benzene rings is 1. The van der Waals surface area contributed by atoms with Crippen molar-refractivity contribution in [3.63, 3.8) is 0 Å². The second-order valence-corrected chi connectivity index (χ2v) is 5.75. The third kappa shape index (κ3) is 3.75. The summed E-state index contributed by atoms with van der Waals surface area (Å²) in [7, 11) is 0. The Balaban J connectivity index is 2.28. The molecule has 0 spiro atoms. The molecule has 1 aliphatic heterocycles. The number of halogens is 3. The van der Waals surface area contributed by atoms with Crippen molar-refractivity contribution in [1.29, 1.82) is 0 Å². The molecule has 0 saturated carbocycles. The number of aryl methyl sites for hydroxylation is 1. The van der Waals surface area contributed by atoms with Crippen LogP contribution in [0.2, 0.25) is 0 Å². The molecule has 2 rings (SSSR count). The molecule has 4 heteroatoms. The standard InChI is InChI=1S/C16H22F3N/c1-3-12-4-5-13(8-14(12)9-16(17,18)19)15-6-7-20-10-11(15)2/h4-5,8,11,15,20H,3,6-7,9-10H2,1-2H3. The Labute approximate surface area is 118 Å². The average molecular weight is 285 g/mol. The lowest BCUT2D eigenvalue weighted by molar-refractivity contribution is -0.127. The predicted molar refractivity (Wildman–Crippen MR) is 75.0 cm³/mol. The van der Waals surface area contributed by atoms with Crippen molar-refractivity contribution in [2.75, 3.05) is 13.1 Å². The van der Waals surface area contributed by atoms with E-state index < -0.39 is 12.6 Å². The fourth-order valence-electron chi connectivity index (χ4n) is 3.11. The van der Waals surface area contributed by atoms with Crippen molar-refractivity contribution >= 4 is 0 Å². The molecule has 0 aromatic heterocycles. The molecule has 2 atom stereocenters. The van der Waals surface area contributed by atoms with E-state index in [0.717, 1.165) is 30.6 Å². The molecular weight excluding hydrogens is 263 g/mol. The first-order valence-electron chi connectivity index (χ1n) is 7.30. The van der Waals surface area contributed by atoms with E-state index in [-0.39, 0.29) is 0 Å². The molecule has 1 aromatic carbocycles. The lowest BCUT2D eigenvalue weighted by Crippen LogP contribution is -2.33. The molecule has 112 valence electrons. The van der Waals surface area contributed by atoms with Gasteiger partial charge in [-0.1, -0.05) is 32.0 Å². The molecule has 1 N–H and O–H groups in total. The van der Waals surface area contributed by atoms with E-state index in [1.807, 2.05) is 19.1 Å². The van der Waals surface area contributed by atoms with Gasteiger partial charge in [0.2, 0.25) is 0 Å². The first-order valence-corrected chi connectivity index (χ1v) is 7.30. The van der Waals surface area contributed by atoms with Crippen LogP contribution in [0, 0.1) is 5.92 Å². The first kappa shape index (κ1) is 15.4. The molecule has 0 bridgehead atoms. The van der Waals surface area contributed by atoms with Gasteiger partial charge in [-0.3, -0.25) is 0 Å². The van der Waals surface area contributed by atoms with Gasteiger partial charge < -0.3 is 5.32 Å². The Kier molecular flexibility index (Phi) is 4.74. The summed E-state index contributed by atoms with van der Waals surface area (Å²) in [6.07, 6.45) is -3.31. The van der Waals surface area contributed by atoms with E-state index in [2.05, 4.69) is 12.2 Å². The lowest BCUT2D eigenvalue weighted by Gasteiger charge is -2.30. The van der Waals surface area contributed by atoms with Gasteiger partial charge in [0.05, 0.1) is 6.42 Å². The van der Waals surface area contributed by atoms with Crippen LogP contribution in [0.4, 0.5) is 13.2 Å². The highest BCUT2D eigenvalue weighted by atomic mass is 19.4. The van der Waals surface area contributed by atoms with Crippen LogP contribution in [0.25, 0.3) is 0 Å². The lowest BCUT2D eigenvalue weighted by atomic mass is 9.81. The third-order valence-electron chi connectivity index (χ3n) is 4.22. The Bertz CT molecular complexity index is 454. The van der Waals surface area contributed by atoms with Crippen molar-refractivity contribution in [2.45, 2.75) is 45.2 Å². The summed E-state index contributed by atoms with van der Waals surface area (Å²) in [5.74, 6) is 0.837. The van der Waals surface area contributed by atoms with Crippen molar-refractivity contribution in [3.8, 4) is 0 Å². The highest BCUT2D eigenvalue weighted by Gasteiger charge is 2.30. The summed E-state index contributed by atoms with van der Waals surface area (Å²) in [6.45, 7) is 5.95. The van der Waals surface area contributed by atoms with Gasteiger partial charge in [0, 0.05) is 0 Å². The molecule has 1 saturated heterocycles. The second kappa shape index (κ2) is 6.17. The summed E-state index contributed by atoms with van der Waals surface area (Å²) in [5, 5.41) is 3.33. The van der Waals surface area contributed by atoms with Gasteiger partial charge in [0.1, 0.15) is 0 Å². The molecule has 1 aliphatic rings. The van der Waals surface area contributed by atoms with Gasteiger partial charge in [0.15, 0.2) is 0 Å². The normalized spacial score (nSPS) is 23.9. The molecule has 1 aromatic rings. The molecular formula is C16H22F3N. The topological polar surface area (TPSA) is 12.0 Å². The van der Waals surface area contributed by atoms with Crippen molar-refractivity contribution < 1.29 is 13.2 Å². The highest BCUT2D eigenvalue weighted by molar-refractivity contribution is 5.35. The van der Waals surface area contributed by atoms with Crippen molar-refractivity contribution in [2.24, 2.45) is 5.92 Å². The van der Waals surface area contributed by atoms with E-state index in [9.17, 15) is 13.2 Å². The summed E-state index contributed by atoms with van der Waals surface area (Å²) in [4.78, 5) is 0. The van der Waals surface area contributed by atoms with Crippen molar-refractivity contribution in [1.82, 2.24) is 5.32 Å². The highest BCUT2D eigenvalue weighted by Crippen LogP contribution is 2.33. The van der Waals surface area contributed by atoms with Crippen LogP contribution in [0.5, 0.6) is 0 Å². The zero-order valence-corrected chi connectivity index (χ0v) is 12.1. The number of nitrogens with one attached hydrogen (secondary N) is 1. The molecule has 1 heterocycles. The Hall–Kier alpha value is -1.03. The summed E-state index contributed by atoms with van der Waals surface area (Å²) < 4.78 is 38.1. The van der Waals surface area contributed by atoms with Gasteiger partial charge in [-0.15, -0.1) is 0 Å². The van der Waals surface area contributed by atoms with Crippen molar-refractivity contribution in [3.05, 3.63) is 34.9 Å². The van der Waals surface area contributed by atoms with Gasteiger partial charge in [-0.2, -0.15) is 13.2 Å². The largest absolute Gasteiger partial charge is 0.393 e. The number of rotatable bonds is 3. The van der Waals surface area contributed by atoms with E-state index in [1.165, 1.54) is 0 Å². The maximum Gasteiger partial charge on any atom is 0.393 e. The Morgan fingerprint density at radius 2 is 2.00 bits per heavy atom. The van der Waals surface area contributed by atoms with Gasteiger partial charge in [-0.05, 0) is 54.5 Å². The van der Waals surface area contributed by atoms with E-state index in [0.29, 0.717) is 23.8 Å². The number of hydrogen-bond donors (Lipinski definition) is 1. The molecule has 20 heavy (non-hydrogen) atoms. The van der Waals surface area contributed by atoms with Gasteiger partial charge in [0.25, 0.3) is 0 Å². The molecule has 1 nitrogen and oxygen atoms in total. The summed E-state index contributed by atoms with van der Waals surface area (Å²) in [5.41, 5.74) is 2.33. The van der Waals surface area contributed by atoms with Crippen LogP contribution in [-0.4, -0.2) is 19.3 Å². The number of piperidine rings is 1. The van der Waals surface area contributed by atoms with Crippen LogP contribution in [0.3, 0.4) is 0 Å². The maximum absolute atomic E-state index is 12.7. The smallest absolute Gasteiger partial charge is 0.316 e. The summed E-state index contributed by atoms with van der Waals surface area (Å²) >= 11 is 0. The Morgan fingerprint density at radius 1 is 1.25 bits per heavy atom. The quantitative estimate of drug-likeness (QED) is 0.883. The fourth-order valence-corrected chi connectivity index (χ4v) is 3.11. The number of alkyl halides is 3. The van der Waals surface area contributed by atoms with E-state index in [1.54, 1.807) is 6.07 Å². The Morgan fingerprint density at radius 3 is 2.60 bits per heavy atom.